The second-order valence-corrected chi connectivity index (χ2v) is 3.34. The van der Waals surface area contributed by atoms with Crippen molar-refractivity contribution in [1.29, 1.82) is 0 Å². The number of hydrogen-bond acceptors (Lipinski definition) is 5. The van der Waals surface area contributed by atoms with E-state index in [2.05, 4.69) is 15.4 Å². The summed E-state index contributed by atoms with van der Waals surface area (Å²) in [4.78, 5) is 14.5. The minimum atomic E-state index is -0.0220. The van der Waals surface area contributed by atoms with Crippen LogP contribution in [-0.4, -0.2) is 50.1 Å². The summed E-state index contributed by atoms with van der Waals surface area (Å²) in [6.07, 6.45) is 1.82. The Morgan fingerprint density at radius 3 is 3.00 bits per heavy atom. The Morgan fingerprint density at radius 2 is 2.43 bits per heavy atom. The average Bonchev–Trinajstić information content (AvgIpc) is 2.72. The number of rotatable bonds is 3. The molecule has 7 nitrogen and oxygen atoms in total. The molecule has 2 N–H and O–H groups in total. The molecule has 1 aromatic rings. The standard InChI is InChI=1S/C7H12N6O/c8-6-3-7(14)12(4-6)1-2-13-10-5-9-11-13/h5-6H,1-4,8H2. The molecule has 0 spiro atoms. The summed E-state index contributed by atoms with van der Waals surface area (Å²) in [5, 5.41) is 11.1. The number of aromatic nitrogens is 4. The first-order chi connectivity index (χ1) is 6.75. The molecule has 0 bridgehead atoms. The van der Waals surface area contributed by atoms with Gasteiger partial charge < -0.3 is 10.6 Å². The number of carbonyl (C=O) groups is 1. The van der Waals surface area contributed by atoms with Gasteiger partial charge in [0.2, 0.25) is 5.91 Å². The number of amides is 1. The van der Waals surface area contributed by atoms with Crippen molar-refractivity contribution in [2.24, 2.45) is 5.73 Å². The third-order valence-electron chi connectivity index (χ3n) is 2.21. The molecule has 2 heterocycles. The molecule has 7 heteroatoms. The van der Waals surface area contributed by atoms with Crippen LogP contribution in [0.2, 0.25) is 0 Å². The van der Waals surface area contributed by atoms with E-state index in [-0.39, 0.29) is 11.9 Å². The summed E-state index contributed by atoms with van der Waals surface area (Å²) >= 11 is 0. The lowest BCUT2D eigenvalue weighted by Crippen LogP contribution is -2.31. The molecule has 2 rings (SSSR count). The van der Waals surface area contributed by atoms with Crippen LogP contribution in [0.4, 0.5) is 0 Å². The maximum atomic E-state index is 11.3. The van der Waals surface area contributed by atoms with Crippen LogP contribution in [0.3, 0.4) is 0 Å². The predicted molar refractivity (Wildman–Crippen MR) is 47.0 cm³/mol. The lowest BCUT2D eigenvalue weighted by Gasteiger charge is -2.14. The van der Waals surface area contributed by atoms with Crippen LogP contribution in [0.1, 0.15) is 6.42 Å². The van der Waals surface area contributed by atoms with Crippen molar-refractivity contribution < 1.29 is 4.79 Å². The van der Waals surface area contributed by atoms with Crippen molar-refractivity contribution in [2.45, 2.75) is 19.0 Å². The number of hydrogen-bond donors (Lipinski definition) is 1. The lowest BCUT2D eigenvalue weighted by molar-refractivity contribution is -0.127. The third kappa shape index (κ3) is 1.87. The van der Waals surface area contributed by atoms with Crippen LogP contribution in [0, 0.1) is 0 Å². The van der Waals surface area contributed by atoms with Gasteiger partial charge in [0.15, 0.2) is 6.33 Å². The van der Waals surface area contributed by atoms with Crippen molar-refractivity contribution >= 4 is 5.91 Å². The van der Waals surface area contributed by atoms with Gasteiger partial charge in [-0.25, -0.2) is 0 Å². The number of tetrazole rings is 1. The van der Waals surface area contributed by atoms with E-state index in [9.17, 15) is 4.79 Å². The van der Waals surface area contributed by atoms with Crippen LogP contribution in [-0.2, 0) is 11.3 Å². The predicted octanol–water partition coefficient (Wildman–Crippen LogP) is -1.77. The zero-order valence-corrected chi connectivity index (χ0v) is 7.70. The summed E-state index contributed by atoms with van der Waals surface area (Å²) in [6.45, 7) is 1.80. The van der Waals surface area contributed by atoms with E-state index in [0.29, 0.717) is 26.1 Å². The van der Waals surface area contributed by atoms with Gasteiger partial charge in [-0.15, -0.1) is 10.2 Å². The van der Waals surface area contributed by atoms with Crippen LogP contribution >= 0.6 is 0 Å². The first-order valence-corrected chi connectivity index (χ1v) is 4.50. The van der Waals surface area contributed by atoms with Crippen LogP contribution < -0.4 is 5.73 Å². The molecule has 1 aliphatic heterocycles. The number of carbonyl (C=O) groups excluding carboxylic acids is 1. The number of likely N-dealkylation sites (tertiary alicyclic amines) is 1. The molecule has 0 aromatic carbocycles. The molecule has 1 aromatic heterocycles. The first kappa shape index (κ1) is 9.07. The zero-order valence-electron chi connectivity index (χ0n) is 7.70. The normalized spacial score (nSPS) is 21.9. The Morgan fingerprint density at radius 1 is 1.57 bits per heavy atom. The van der Waals surface area contributed by atoms with Crippen LogP contribution in [0.15, 0.2) is 6.33 Å². The maximum Gasteiger partial charge on any atom is 0.224 e. The van der Waals surface area contributed by atoms with Crippen molar-refractivity contribution in [1.82, 2.24) is 25.1 Å². The number of nitrogens with zero attached hydrogens (tertiary/aromatic N) is 5. The summed E-state index contributed by atoms with van der Waals surface area (Å²) in [5.74, 6) is 0.109. The molecule has 1 unspecified atom stereocenters. The highest BCUT2D eigenvalue weighted by Crippen LogP contribution is 2.08. The molecule has 0 aliphatic carbocycles. The lowest BCUT2D eigenvalue weighted by atomic mass is 10.3. The van der Waals surface area contributed by atoms with Gasteiger partial charge >= 0.3 is 0 Å². The average molecular weight is 196 g/mol. The van der Waals surface area contributed by atoms with Gasteiger partial charge in [0.25, 0.3) is 0 Å². The van der Waals surface area contributed by atoms with Crippen molar-refractivity contribution in [3.63, 3.8) is 0 Å². The Bertz CT molecular complexity index is 310. The third-order valence-corrected chi connectivity index (χ3v) is 2.21. The molecule has 1 saturated heterocycles. The van der Waals surface area contributed by atoms with E-state index in [4.69, 9.17) is 5.73 Å². The molecular weight excluding hydrogens is 184 g/mol. The van der Waals surface area contributed by atoms with E-state index in [1.807, 2.05) is 0 Å². The smallest absolute Gasteiger partial charge is 0.224 e. The molecule has 1 amide bonds. The monoisotopic (exact) mass is 196 g/mol. The number of nitrogens with two attached hydrogens (primary N) is 1. The molecule has 76 valence electrons. The Balaban J connectivity index is 1.84. The minimum Gasteiger partial charge on any atom is -0.339 e. The first-order valence-electron chi connectivity index (χ1n) is 4.50. The van der Waals surface area contributed by atoms with Gasteiger partial charge in [0.1, 0.15) is 0 Å². The van der Waals surface area contributed by atoms with Gasteiger partial charge in [-0.3, -0.25) is 4.79 Å². The molecule has 14 heavy (non-hydrogen) atoms. The van der Waals surface area contributed by atoms with E-state index in [0.717, 1.165) is 0 Å². The summed E-state index contributed by atoms with van der Waals surface area (Å²) in [5.41, 5.74) is 5.65. The SMILES string of the molecule is NC1CC(=O)N(CCn2ncnn2)C1. The highest BCUT2D eigenvalue weighted by molar-refractivity contribution is 5.79. The Labute approximate surface area is 80.9 Å². The summed E-state index contributed by atoms with van der Waals surface area (Å²) < 4.78 is 0. The molecule has 1 atom stereocenters. The second-order valence-electron chi connectivity index (χ2n) is 3.34. The molecule has 0 saturated carbocycles. The fraction of sp³-hybridized carbons (Fsp3) is 0.714. The van der Waals surface area contributed by atoms with E-state index in [1.54, 1.807) is 4.90 Å². The van der Waals surface area contributed by atoms with E-state index in [1.165, 1.54) is 11.1 Å². The van der Waals surface area contributed by atoms with Gasteiger partial charge in [-0.1, -0.05) is 0 Å². The van der Waals surface area contributed by atoms with Crippen LogP contribution in [0.25, 0.3) is 0 Å². The summed E-state index contributed by atoms with van der Waals surface area (Å²) in [6, 6.07) is -0.0220. The van der Waals surface area contributed by atoms with Crippen molar-refractivity contribution in [2.75, 3.05) is 13.1 Å². The van der Waals surface area contributed by atoms with Gasteiger partial charge in [0.05, 0.1) is 6.54 Å². The van der Waals surface area contributed by atoms with Gasteiger partial charge in [0, 0.05) is 25.6 Å². The Hall–Kier alpha value is -1.50. The molecule has 1 fully saturated rings. The largest absolute Gasteiger partial charge is 0.339 e. The Kier molecular flexibility index (Phi) is 2.40. The quantitative estimate of drug-likeness (QED) is 0.618. The summed E-state index contributed by atoms with van der Waals surface area (Å²) in [7, 11) is 0. The highest BCUT2D eigenvalue weighted by Gasteiger charge is 2.26. The minimum absolute atomic E-state index is 0.0220. The molecule has 0 radical (unpaired) electrons. The molecule has 1 aliphatic rings. The highest BCUT2D eigenvalue weighted by atomic mass is 16.2. The fourth-order valence-corrected chi connectivity index (χ4v) is 1.52. The van der Waals surface area contributed by atoms with E-state index >= 15 is 0 Å². The fourth-order valence-electron chi connectivity index (χ4n) is 1.52. The van der Waals surface area contributed by atoms with Crippen molar-refractivity contribution in [3.8, 4) is 0 Å². The van der Waals surface area contributed by atoms with Gasteiger partial charge in [-0.05, 0) is 5.21 Å². The van der Waals surface area contributed by atoms with Crippen molar-refractivity contribution in [3.05, 3.63) is 6.33 Å². The second kappa shape index (κ2) is 3.70. The molecular formula is C7H12N6O. The van der Waals surface area contributed by atoms with E-state index < -0.39 is 0 Å². The van der Waals surface area contributed by atoms with Gasteiger partial charge in [-0.2, -0.15) is 4.80 Å². The zero-order chi connectivity index (χ0) is 9.97. The maximum absolute atomic E-state index is 11.3. The van der Waals surface area contributed by atoms with Crippen LogP contribution in [0.5, 0.6) is 0 Å². The topological polar surface area (TPSA) is 89.9 Å².